The molecule has 104 valence electrons. The Balaban J connectivity index is 2.18. The summed E-state index contributed by atoms with van der Waals surface area (Å²) >= 11 is 0. The molecule has 4 nitrogen and oxygen atoms in total. The van der Waals surface area contributed by atoms with E-state index in [1.165, 1.54) is 17.8 Å². The van der Waals surface area contributed by atoms with E-state index in [1.807, 2.05) is 12.1 Å². The minimum absolute atomic E-state index is 0.0290. The molecule has 4 heteroatoms. The fourth-order valence-electron chi connectivity index (χ4n) is 1.85. The monoisotopic (exact) mass is 270 g/mol. The van der Waals surface area contributed by atoms with E-state index >= 15 is 0 Å². The molecule has 20 heavy (non-hydrogen) atoms. The van der Waals surface area contributed by atoms with E-state index in [4.69, 9.17) is 5.11 Å². The number of carboxylic acid groups (broad SMARTS) is 1. The van der Waals surface area contributed by atoms with Gasteiger partial charge in [-0.3, -0.25) is 0 Å². The van der Waals surface area contributed by atoms with Gasteiger partial charge in [0.25, 0.3) is 0 Å². The molecular weight excluding hydrogens is 252 g/mol. The van der Waals surface area contributed by atoms with Crippen molar-refractivity contribution in [2.45, 2.75) is 26.2 Å². The molecule has 1 heterocycles. The van der Waals surface area contributed by atoms with E-state index < -0.39 is 5.97 Å². The van der Waals surface area contributed by atoms with Crippen molar-refractivity contribution in [3.63, 3.8) is 0 Å². The number of nitrogens with one attached hydrogen (secondary N) is 1. The smallest absolute Gasteiger partial charge is 0.354 e. The van der Waals surface area contributed by atoms with Crippen LogP contribution in [-0.2, 0) is 5.41 Å². The lowest BCUT2D eigenvalue weighted by atomic mass is 9.87. The van der Waals surface area contributed by atoms with Gasteiger partial charge < -0.3 is 10.4 Å². The molecule has 0 saturated heterocycles. The Labute approximate surface area is 118 Å². The number of hydrogen-bond donors (Lipinski definition) is 2. The van der Waals surface area contributed by atoms with Gasteiger partial charge in [-0.2, -0.15) is 0 Å². The fourth-order valence-corrected chi connectivity index (χ4v) is 1.85. The van der Waals surface area contributed by atoms with Crippen molar-refractivity contribution in [1.29, 1.82) is 0 Å². The van der Waals surface area contributed by atoms with Gasteiger partial charge in [0.05, 0.1) is 0 Å². The van der Waals surface area contributed by atoms with Crippen LogP contribution in [0.3, 0.4) is 0 Å². The molecule has 0 saturated carbocycles. The van der Waals surface area contributed by atoms with Crippen LogP contribution < -0.4 is 5.32 Å². The average molecular weight is 270 g/mol. The van der Waals surface area contributed by atoms with Gasteiger partial charge in [0.1, 0.15) is 5.69 Å². The lowest BCUT2D eigenvalue weighted by Crippen LogP contribution is -2.10. The van der Waals surface area contributed by atoms with Crippen LogP contribution in [0, 0.1) is 0 Å². The largest absolute Gasteiger partial charge is 0.477 e. The molecule has 0 aliphatic heterocycles. The summed E-state index contributed by atoms with van der Waals surface area (Å²) in [6.45, 7) is 6.49. The van der Waals surface area contributed by atoms with Gasteiger partial charge in [0, 0.05) is 17.6 Å². The molecule has 0 unspecified atom stereocenters. The Morgan fingerprint density at radius 1 is 1.10 bits per heavy atom. The Kier molecular flexibility index (Phi) is 3.74. The number of aromatic nitrogens is 1. The standard InChI is InChI=1S/C16H18N2O2/c1-16(2,3)11-4-6-12(7-5-11)18-13-8-9-17-14(10-13)15(19)20/h4-10H,1-3H3,(H,17,18)(H,19,20). The first-order valence-electron chi connectivity index (χ1n) is 6.43. The number of carboxylic acids is 1. The van der Waals surface area contributed by atoms with Crippen LogP contribution in [0.25, 0.3) is 0 Å². The molecule has 0 aliphatic rings. The van der Waals surface area contributed by atoms with Crippen molar-refractivity contribution in [2.24, 2.45) is 0 Å². The summed E-state index contributed by atoms with van der Waals surface area (Å²) in [7, 11) is 0. The molecule has 0 atom stereocenters. The third kappa shape index (κ3) is 3.35. The highest BCUT2D eigenvalue weighted by molar-refractivity contribution is 5.86. The van der Waals surface area contributed by atoms with Crippen molar-refractivity contribution in [2.75, 3.05) is 5.32 Å². The number of nitrogens with zero attached hydrogens (tertiary/aromatic N) is 1. The molecule has 0 radical (unpaired) electrons. The van der Waals surface area contributed by atoms with Crippen LogP contribution in [0.15, 0.2) is 42.6 Å². The number of benzene rings is 1. The highest BCUT2D eigenvalue weighted by Gasteiger charge is 2.12. The first-order valence-corrected chi connectivity index (χ1v) is 6.43. The van der Waals surface area contributed by atoms with E-state index in [1.54, 1.807) is 6.07 Å². The Hall–Kier alpha value is -2.36. The normalized spacial score (nSPS) is 11.2. The summed E-state index contributed by atoms with van der Waals surface area (Å²) in [6, 6.07) is 11.4. The lowest BCUT2D eigenvalue weighted by Gasteiger charge is -2.19. The number of pyridine rings is 1. The van der Waals surface area contributed by atoms with Crippen LogP contribution in [0.1, 0.15) is 36.8 Å². The lowest BCUT2D eigenvalue weighted by molar-refractivity contribution is 0.0690. The molecule has 1 aromatic heterocycles. The quantitative estimate of drug-likeness (QED) is 0.890. The van der Waals surface area contributed by atoms with Crippen LogP contribution in [0.5, 0.6) is 0 Å². The summed E-state index contributed by atoms with van der Waals surface area (Å²) in [5.74, 6) is -1.03. The summed E-state index contributed by atoms with van der Waals surface area (Å²) < 4.78 is 0. The fraction of sp³-hybridized carbons (Fsp3) is 0.250. The van der Waals surface area contributed by atoms with Gasteiger partial charge in [-0.15, -0.1) is 0 Å². The average Bonchev–Trinajstić information content (AvgIpc) is 2.38. The van der Waals surface area contributed by atoms with Gasteiger partial charge in [-0.1, -0.05) is 32.9 Å². The minimum atomic E-state index is -1.03. The van der Waals surface area contributed by atoms with Crippen LogP contribution in [0.4, 0.5) is 11.4 Å². The SMILES string of the molecule is CC(C)(C)c1ccc(Nc2ccnc(C(=O)O)c2)cc1. The maximum Gasteiger partial charge on any atom is 0.354 e. The highest BCUT2D eigenvalue weighted by Crippen LogP contribution is 2.24. The predicted octanol–water partition coefficient (Wildman–Crippen LogP) is 3.82. The van der Waals surface area contributed by atoms with E-state index in [0.29, 0.717) is 5.69 Å². The molecule has 0 amide bonds. The summed E-state index contributed by atoms with van der Waals surface area (Å²) in [5, 5.41) is 12.1. The topological polar surface area (TPSA) is 62.2 Å². The molecule has 2 N–H and O–H groups in total. The zero-order valence-corrected chi connectivity index (χ0v) is 11.8. The molecule has 0 aliphatic carbocycles. The maximum atomic E-state index is 10.9. The van der Waals surface area contributed by atoms with E-state index in [-0.39, 0.29) is 11.1 Å². The number of aromatic carboxylic acids is 1. The van der Waals surface area contributed by atoms with Crippen molar-refractivity contribution in [3.05, 3.63) is 53.9 Å². The summed E-state index contributed by atoms with van der Waals surface area (Å²) in [6.07, 6.45) is 1.48. The molecule has 1 aromatic carbocycles. The molecule has 0 bridgehead atoms. The Bertz CT molecular complexity index is 613. The van der Waals surface area contributed by atoms with Crippen LogP contribution in [0.2, 0.25) is 0 Å². The van der Waals surface area contributed by atoms with E-state index in [2.05, 4.69) is 43.2 Å². The number of rotatable bonds is 3. The molecule has 2 aromatic rings. The molecule has 2 rings (SSSR count). The molecule has 0 spiro atoms. The van der Waals surface area contributed by atoms with E-state index in [9.17, 15) is 4.79 Å². The number of carbonyl (C=O) groups is 1. The summed E-state index contributed by atoms with van der Waals surface area (Å²) in [4.78, 5) is 14.7. The number of hydrogen-bond acceptors (Lipinski definition) is 3. The second kappa shape index (κ2) is 5.33. The van der Waals surface area contributed by atoms with Crippen molar-refractivity contribution in [3.8, 4) is 0 Å². The first kappa shape index (κ1) is 14.1. The molecule has 0 fully saturated rings. The Morgan fingerprint density at radius 3 is 2.30 bits per heavy atom. The summed E-state index contributed by atoms with van der Waals surface area (Å²) in [5.41, 5.74) is 3.03. The maximum absolute atomic E-state index is 10.9. The van der Waals surface area contributed by atoms with Gasteiger partial charge >= 0.3 is 5.97 Å². The molecular formula is C16H18N2O2. The van der Waals surface area contributed by atoms with Gasteiger partial charge in [-0.05, 0) is 35.2 Å². The predicted molar refractivity (Wildman–Crippen MR) is 79.6 cm³/mol. The van der Waals surface area contributed by atoms with Crippen LogP contribution in [-0.4, -0.2) is 16.1 Å². The third-order valence-corrected chi connectivity index (χ3v) is 3.02. The first-order chi connectivity index (χ1) is 9.36. The van der Waals surface area contributed by atoms with Gasteiger partial charge in [0.2, 0.25) is 0 Å². The zero-order chi connectivity index (χ0) is 14.8. The number of anilines is 2. The van der Waals surface area contributed by atoms with Crippen LogP contribution >= 0.6 is 0 Å². The second-order valence-electron chi connectivity index (χ2n) is 5.69. The van der Waals surface area contributed by atoms with Gasteiger partial charge in [0.15, 0.2) is 0 Å². The Morgan fingerprint density at radius 2 is 1.75 bits per heavy atom. The highest BCUT2D eigenvalue weighted by atomic mass is 16.4. The van der Waals surface area contributed by atoms with Crippen molar-refractivity contribution < 1.29 is 9.90 Å². The van der Waals surface area contributed by atoms with Crippen molar-refractivity contribution in [1.82, 2.24) is 4.98 Å². The zero-order valence-electron chi connectivity index (χ0n) is 11.8. The minimum Gasteiger partial charge on any atom is -0.477 e. The second-order valence-corrected chi connectivity index (χ2v) is 5.69. The van der Waals surface area contributed by atoms with Crippen molar-refractivity contribution >= 4 is 17.3 Å². The third-order valence-electron chi connectivity index (χ3n) is 3.02. The van der Waals surface area contributed by atoms with E-state index in [0.717, 1.165) is 5.69 Å². The van der Waals surface area contributed by atoms with Gasteiger partial charge in [-0.25, -0.2) is 9.78 Å².